The van der Waals surface area contributed by atoms with E-state index in [1.165, 1.54) is 7.11 Å². The average molecular weight is 441 g/mol. The number of esters is 1. The second-order valence-corrected chi connectivity index (χ2v) is 8.85. The fourth-order valence-corrected chi connectivity index (χ4v) is 4.26. The predicted octanol–water partition coefficient (Wildman–Crippen LogP) is 5.38. The van der Waals surface area contributed by atoms with Crippen LogP contribution in [-0.4, -0.2) is 35.0 Å². The number of methoxy groups -OCH3 is 1. The molecule has 0 radical (unpaired) electrons. The quantitative estimate of drug-likeness (QED) is 0.463. The first-order valence-electron chi connectivity index (χ1n) is 10.3. The predicted molar refractivity (Wildman–Crippen MR) is 124 cm³/mol. The Morgan fingerprint density at radius 1 is 1.16 bits per heavy atom. The molecular weight excluding hydrogens is 412 g/mol. The van der Waals surface area contributed by atoms with Crippen LogP contribution in [0.15, 0.2) is 41.1 Å². The van der Waals surface area contributed by atoms with Crippen LogP contribution in [-0.2, 0) is 14.3 Å². The topological polar surface area (TPSA) is 51.5 Å². The number of rotatable bonds is 5. The van der Waals surface area contributed by atoms with Crippen molar-refractivity contribution in [3.8, 4) is 5.69 Å². The summed E-state index contributed by atoms with van der Waals surface area (Å²) < 4.78 is 7.11. The number of aryl methyl sites for hydroxylation is 2. The first-order valence-corrected chi connectivity index (χ1v) is 10.7. The second kappa shape index (κ2) is 8.75. The summed E-state index contributed by atoms with van der Waals surface area (Å²) in [5.74, 6) is -0.397. The average Bonchev–Trinajstić information content (AvgIpc) is 3.10. The number of allylic oxidation sites excluding steroid dienone is 1. The number of carbonyl (C=O) groups excluding carboxylic acids is 2. The van der Waals surface area contributed by atoms with Crippen LogP contribution in [0.2, 0.25) is 5.02 Å². The molecule has 1 aromatic heterocycles. The van der Waals surface area contributed by atoms with E-state index in [4.69, 9.17) is 16.3 Å². The SMILES string of the molecule is COC(=O)C1=C(C)N(CC(C)C)C(=O)/C1=C\c1cc(C)n(-c2cc(Cl)ccc2C)c1C. The Kier molecular flexibility index (Phi) is 6.46. The van der Waals surface area contributed by atoms with Gasteiger partial charge in [-0.2, -0.15) is 0 Å². The lowest BCUT2D eigenvalue weighted by atomic mass is 10.0. The Hall–Kier alpha value is -2.79. The Labute approximate surface area is 188 Å². The lowest BCUT2D eigenvalue weighted by Gasteiger charge is -2.19. The summed E-state index contributed by atoms with van der Waals surface area (Å²) in [5.41, 5.74) is 6.27. The third-order valence-electron chi connectivity index (χ3n) is 5.63. The second-order valence-electron chi connectivity index (χ2n) is 8.41. The van der Waals surface area contributed by atoms with Crippen LogP contribution in [0.4, 0.5) is 0 Å². The monoisotopic (exact) mass is 440 g/mol. The number of hydrogen-bond acceptors (Lipinski definition) is 3. The lowest BCUT2D eigenvalue weighted by molar-refractivity contribution is -0.136. The molecule has 2 heterocycles. The maximum absolute atomic E-state index is 13.2. The lowest BCUT2D eigenvalue weighted by Crippen LogP contribution is -2.28. The van der Waals surface area contributed by atoms with Crippen LogP contribution >= 0.6 is 11.6 Å². The van der Waals surface area contributed by atoms with Crippen LogP contribution < -0.4 is 0 Å². The molecule has 0 fully saturated rings. The van der Waals surface area contributed by atoms with Gasteiger partial charge < -0.3 is 14.2 Å². The smallest absolute Gasteiger partial charge is 0.340 e. The molecule has 31 heavy (non-hydrogen) atoms. The number of aromatic nitrogens is 1. The van der Waals surface area contributed by atoms with Crippen molar-refractivity contribution in [3.63, 3.8) is 0 Å². The standard InChI is InChI=1S/C25H29ClN2O3/c1-14(2)13-27-18(6)23(25(30)31-7)21(24(27)29)11-19-10-16(4)28(17(19)5)22-12-20(26)9-8-15(22)3/h8-12,14H,13H2,1-7H3/b21-11-. The fraction of sp³-hybridized carbons (Fsp3) is 0.360. The molecular formula is C25H29ClN2O3. The Bertz CT molecular complexity index is 1120. The highest BCUT2D eigenvalue weighted by molar-refractivity contribution is 6.30. The van der Waals surface area contributed by atoms with Gasteiger partial charge in [-0.1, -0.05) is 31.5 Å². The summed E-state index contributed by atoms with van der Waals surface area (Å²) >= 11 is 6.25. The van der Waals surface area contributed by atoms with Gasteiger partial charge in [0, 0.05) is 34.3 Å². The van der Waals surface area contributed by atoms with Gasteiger partial charge in [0.2, 0.25) is 0 Å². The minimum absolute atomic E-state index is 0.171. The third kappa shape index (κ3) is 4.19. The molecule has 0 aliphatic carbocycles. The van der Waals surface area contributed by atoms with E-state index in [0.717, 1.165) is 28.2 Å². The summed E-state index contributed by atoms with van der Waals surface area (Å²) in [7, 11) is 1.34. The number of halogens is 1. The third-order valence-corrected chi connectivity index (χ3v) is 5.87. The Morgan fingerprint density at radius 2 is 1.84 bits per heavy atom. The molecule has 0 unspecified atom stereocenters. The first kappa shape index (κ1) is 22.9. The number of nitrogens with zero attached hydrogens (tertiary/aromatic N) is 2. The molecule has 3 rings (SSSR count). The van der Waals surface area contributed by atoms with E-state index in [9.17, 15) is 9.59 Å². The van der Waals surface area contributed by atoms with Gasteiger partial charge >= 0.3 is 5.97 Å². The number of ether oxygens (including phenoxy) is 1. The van der Waals surface area contributed by atoms with E-state index in [0.29, 0.717) is 28.4 Å². The van der Waals surface area contributed by atoms with Gasteiger partial charge in [0.05, 0.1) is 18.3 Å². The maximum atomic E-state index is 13.2. The number of benzene rings is 1. The van der Waals surface area contributed by atoms with E-state index in [-0.39, 0.29) is 11.8 Å². The summed E-state index contributed by atoms with van der Waals surface area (Å²) in [4.78, 5) is 27.5. The van der Waals surface area contributed by atoms with E-state index >= 15 is 0 Å². The van der Waals surface area contributed by atoms with Crippen molar-refractivity contribution >= 4 is 29.6 Å². The van der Waals surface area contributed by atoms with E-state index < -0.39 is 5.97 Å². The summed E-state index contributed by atoms with van der Waals surface area (Å²) in [5, 5.41) is 0.662. The van der Waals surface area contributed by atoms with Crippen molar-refractivity contribution in [2.75, 3.05) is 13.7 Å². The zero-order chi connectivity index (χ0) is 23.0. The molecule has 2 aromatic rings. The zero-order valence-corrected chi connectivity index (χ0v) is 19.9. The molecule has 0 spiro atoms. The molecule has 6 heteroatoms. The normalized spacial score (nSPS) is 15.6. The summed E-state index contributed by atoms with van der Waals surface area (Å²) in [6.07, 6.45) is 1.80. The number of carbonyl (C=O) groups is 2. The number of amides is 1. The molecule has 1 amide bonds. The van der Waals surface area contributed by atoms with Crippen LogP contribution in [0, 0.1) is 26.7 Å². The van der Waals surface area contributed by atoms with Crippen molar-refractivity contribution in [1.29, 1.82) is 0 Å². The van der Waals surface area contributed by atoms with E-state index in [1.807, 2.05) is 58.9 Å². The molecule has 1 aromatic carbocycles. The summed E-state index contributed by atoms with van der Waals surface area (Å²) in [6.45, 7) is 12.5. The minimum atomic E-state index is -0.497. The van der Waals surface area contributed by atoms with Gasteiger partial charge in [-0.25, -0.2) is 4.79 Å². The fourth-order valence-electron chi connectivity index (χ4n) is 4.10. The molecule has 1 aliphatic rings. The van der Waals surface area contributed by atoms with Crippen LogP contribution in [0.3, 0.4) is 0 Å². The molecule has 0 saturated heterocycles. The number of hydrogen-bond donors (Lipinski definition) is 0. The first-order chi connectivity index (χ1) is 14.6. The highest BCUT2D eigenvalue weighted by Gasteiger charge is 2.37. The molecule has 0 N–H and O–H groups in total. The summed E-state index contributed by atoms with van der Waals surface area (Å²) in [6, 6.07) is 7.81. The van der Waals surface area contributed by atoms with Gasteiger partial charge in [-0.05, 0) is 69.0 Å². The molecule has 5 nitrogen and oxygen atoms in total. The zero-order valence-electron chi connectivity index (χ0n) is 19.2. The van der Waals surface area contributed by atoms with Gasteiger partial charge in [0.1, 0.15) is 0 Å². The highest BCUT2D eigenvalue weighted by Crippen LogP contribution is 2.34. The van der Waals surface area contributed by atoms with Crippen LogP contribution in [0.25, 0.3) is 11.8 Å². The van der Waals surface area contributed by atoms with E-state index in [1.54, 1.807) is 17.9 Å². The van der Waals surface area contributed by atoms with Gasteiger partial charge in [0.15, 0.2) is 0 Å². The van der Waals surface area contributed by atoms with E-state index in [2.05, 4.69) is 4.57 Å². The maximum Gasteiger partial charge on any atom is 0.340 e. The van der Waals surface area contributed by atoms with Crippen LogP contribution in [0.5, 0.6) is 0 Å². The van der Waals surface area contributed by atoms with Gasteiger partial charge in [-0.3, -0.25) is 4.79 Å². The van der Waals surface area contributed by atoms with Gasteiger partial charge in [-0.15, -0.1) is 0 Å². The van der Waals surface area contributed by atoms with Crippen LogP contribution in [0.1, 0.15) is 43.3 Å². The molecule has 164 valence electrons. The van der Waals surface area contributed by atoms with Crippen molar-refractivity contribution in [2.24, 2.45) is 5.92 Å². The molecule has 0 bridgehead atoms. The van der Waals surface area contributed by atoms with Gasteiger partial charge in [0.25, 0.3) is 5.91 Å². The van der Waals surface area contributed by atoms with Crippen molar-refractivity contribution < 1.29 is 14.3 Å². The Morgan fingerprint density at radius 3 is 2.45 bits per heavy atom. The molecule has 1 aliphatic heterocycles. The largest absolute Gasteiger partial charge is 0.465 e. The van der Waals surface area contributed by atoms with Crippen molar-refractivity contribution in [1.82, 2.24) is 9.47 Å². The van der Waals surface area contributed by atoms with Crippen molar-refractivity contribution in [2.45, 2.75) is 41.5 Å². The minimum Gasteiger partial charge on any atom is -0.465 e. The van der Waals surface area contributed by atoms with Crippen molar-refractivity contribution in [3.05, 3.63) is 68.6 Å². The highest BCUT2D eigenvalue weighted by atomic mass is 35.5. The molecule has 0 atom stereocenters. The Balaban J connectivity index is 2.15. The molecule has 0 saturated carbocycles.